The topological polar surface area (TPSA) is 92.2 Å². The van der Waals surface area contributed by atoms with Crippen molar-refractivity contribution in [1.29, 1.82) is 0 Å². The van der Waals surface area contributed by atoms with Crippen molar-refractivity contribution in [2.75, 3.05) is 13.2 Å². The summed E-state index contributed by atoms with van der Waals surface area (Å²) in [6.45, 7) is -0.574. The lowest BCUT2D eigenvalue weighted by Gasteiger charge is -2.01. The average molecular weight is 390 g/mol. The molecule has 7 heteroatoms. The van der Waals surface area contributed by atoms with Crippen LogP contribution in [0.4, 0.5) is 0 Å². The summed E-state index contributed by atoms with van der Waals surface area (Å²) in [6.07, 6.45) is 10.0. The van der Waals surface area contributed by atoms with Crippen molar-refractivity contribution in [3.05, 3.63) is 83.9 Å². The summed E-state index contributed by atoms with van der Waals surface area (Å²) < 4.78 is 5.00. The molecule has 2 N–H and O–H groups in total. The minimum atomic E-state index is -0.462. The van der Waals surface area contributed by atoms with Gasteiger partial charge in [0.2, 0.25) is 0 Å². The van der Waals surface area contributed by atoms with Gasteiger partial charge in [-0.15, -0.1) is 0 Å². The molecule has 2 aromatic carbocycles. The number of nitrogens with zero attached hydrogens (tertiary/aromatic N) is 2. The van der Waals surface area contributed by atoms with Crippen molar-refractivity contribution in [3.63, 3.8) is 0 Å². The molecule has 0 unspecified atom stereocenters. The smallest absolute Gasteiger partial charge is 0.266 e. The molecule has 0 atom stereocenters. The van der Waals surface area contributed by atoms with Crippen LogP contribution in [0.3, 0.4) is 0 Å². The summed E-state index contributed by atoms with van der Waals surface area (Å²) in [5, 5.41) is 7.51. The van der Waals surface area contributed by atoms with Gasteiger partial charge in [-0.3, -0.25) is 9.59 Å². The van der Waals surface area contributed by atoms with E-state index >= 15 is 0 Å². The Bertz CT molecular complexity index is 802. The van der Waals surface area contributed by atoms with Crippen molar-refractivity contribution in [2.24, 2.45) is 10.2 Å². The number of nitrogens with one attached hydrogen (secondary N) is 2. The van der Waals surface area contributed by atoms with Gasteiger partial charge in [0, 0.05) is 12.4 Å². The standard InChI is InChI=1S/C22H22N4O3/c27-21(25-23-15-7-13-19-9-3-1-4-10-19)17-29-18-22(28)26-24-16-8-14-20-11-5-2-6-12-20/h1-16H,17-18H2,(H,25,27)(H,26,28)/b13-7-,14-8+,23-15+,24-16+. The fraction of sp³-hybridized carbons (Fsp3) is 0.0909. The first kappa shape index (κ1) is 21.5. The largest absolute Gasteiger partial charge is 0.362 e. The van der Waals surface area contributed by atoms with Crippen molar-refractivity contribution in [3.8, 4) is 0 Å². The van der Waals surface area contributed by atoms with Crippen LogP contribution in [-0.2, 0) is 14.3 Å². The van der Waals surface area contributed by atoms with Crippen LogP contribution < -0.4 is 10.9 Å². The average Bonchev–Trinajstić information content (AvgIpc) is 2.75. The van der Waals surface area contributed by atoms with Gasteiger partial charge in [-0.1, -0.05) is 72.8 Å². The fourth-order valence-electron chi connectivity index (χ4n) is 2.04. The zero-order valence-corrected chi connectivity index (χ0v) is 15.8. The van der Waals surface area contributed by atoms with E-state index in [-0.39, 0.29) is 13.2 Å². The summed E-state index contributed by atoms with van der Waals surface area (Å²) in [5.74, 6) is -0.923. The lowest BCUT2D eigenvalue weighted by molar-refractivity contribution is -0.130. The van der Waals surface area contributed by atoms with E-state index in [1.54, 1.807) is 12.2 Å². The Morgan fingerprint density at radius 2 is 1.14 bits per heavy atom. The maximum absolute atomic E-state index is 11.5. The Kier molecular flexibility index (Phi) is 9.88. The third-order valence-electron chi connectivity index (χ3n) is 3.34. The number of ether oxygens (including phenoxy) is 1. The summed E-state index contributed by atoms with van der Waals surface area (Å²) in [7, 11) is 0. The first-order valence-electron chi connectivity index (χ1n) is 8.89. The van der Waals surface area contributed by atoms with Gasteiger partial charge in [0.15, 0.2) is 0 Å². The molecule has 0 saturated carbocycles. The minimum absolute atomic E-state index is 0.287. The van der Waals surface area contributed by atoms with Gasteiger partial charge in [0.05, 0.1) is 0 Å². The van der Waals surface area contributed by atoms with Gasteiger partial charge >= 0.3 is 0 Å². The highest BCUT2D eigenvalue weighted by Crippen LogP contribution is 2.00. The molecule has 0 bridgehead atoms. The minimum Gasteiger partial charge on any atom is -0.362 e. The number of allylic oxidation sites excluding steroid dienone is 2. The molecule has 0 heterocycles. The molecule has 0 radical (unpaired) electrons. The first-order valence-corrected chi connectivity index (χ1v) is 8.89. The van der Waals surface area contributed by atoms with E-state index in [4.69, 9.17) is 4.74 Å². The van der Waals surface area contributed by atoms with E-state index in [0.717, 1.165) is 11.1 Å². The lowest BCUT2D eigenvalue weighted by Crippen LogP contribution is -2.28. The quantitative estimate of drug-likeness (QED) is 0.482. The second kappa shape index (κ2) is 13.3. The Balaban J connectivity index is 1.55. The normalized spacial score (nSPS) is 11.6. The molecular weight excluding hydrogens is 368 g/mol. The summed E-state index contributed by atoms with van der Waals surface area (Å²) >= 11 is 0. The molecule has 0 saturated heterocycles. The molecule has 0 spiro atoms. The van der Waals surface area contributed by atoms with E-state index in [0.29, 0.717) is 0 Å². The predicted molar refractivity (Wildman–Crippen MR) is 115 cm³/mol. The van der Waals surface area contributed by atoms with Crippen LogP contribution in [0.2, 0.25) is 0 Å². The molecule has 0 aliphatic heterocycles. The number of carbonyl (C=O) groups is 2. The first-order chi connectivity index (χ1) is 14.2. The van der Waals surface area contributed by atoms with Crippen molar-refractivity contribution in [1.82, 2.24) is 10.9 Å². The van der Waals surface area contributed by atoms with Gasteiger partial charge in [0.1, 0.15) is 13.2 Å². The monoisotopic (exact) mass is 390 g/mol. The molecule has 2 amide bonds. The Morgan fingerprint density at radius 3 is 1.55 bits per heavy atom. The highest BCUT2D eigenvalue weighted by Gasteiger charge is 2.03. The molecule has 2 rings (SSSR count). The van der Waals surface area contributed by atoms with Gasteiger partial charge < -0.3 is 4.74 Å². The molecule has 148 valence electrons. The molecular formula is C22H22N4O3. The number of carbonyl (C=O) groups excluding carboxylic acids is 2. The van der Waals surface area contributed by atoms with Crippen LogP contribution in [0.1, 0.15) is 11.1 Å². The number of hydrazone groups is 2. The zero-order chi connectivity index (χ0) is 20.6. The Hall–Kier alpha value is -3.84. The van der Waals surface area contributed by atoms with E-state index in [1.807, 2.05) is 72.8 Å². The Labute approximate surface area is 169 Å². The van der Waals surface area contributed by atoms with Gasteiger partial charge in [-0.2, -0.15) is 10.2 Å². The second-order valence-electron chi connectivity index (χ2n) is 5.66. The van der Waals surface area contributed by atoms with E-state index in [1.165, 1.54) is 12.4 Å². The van der Waals surface area contributed by atoms with Crippen molar-refractivity contribution >= 4 is 36.4 Å². The van der Waals surface area contributed by atoms with E-state index < -0.39 is 11.8 Å². The zero-order valence-electron chi connectivity index (χ0n) is 15.8. The molecule has 0 aliphatic rings. The third-order valence-corrected chi connectivity index (χ3v) is 3.34. The van der Waals surface area contributed by atoms with Crippen LogP contribution in [0.25, 0.3) is 12.2 Å². The van der Waals surface area contributed by atoms with Crippen LogP contribution >= 0.6 is 0 Å². The number of rotatable bonds is 10. The Morgan fingerprint density at radius 1 is 0.724 bits per heavy atom. The highest BCUT2D eigenvalue weighted by atomic mass is 16.5. The number of hydrogen-bond donors (Lipinski definition) is 2. The van der Waals surface area contributed by atoms with Crippen LogP contribution in [0, 0.1) is 0 Å². The van der Waals surface area contributed by atoms with E-state index in [2.05, 4.69) is 21.1 Å². The molecule has 7 nitrogen and oxygen atoms in total. The summed E-state index contributed by atoms with van der Waals surface area (Å²) in [5.41, 5.74) is 6.66. The number of amides is 2. The number of benzene rings is 2. The van der Waals surface area contributed by atoms with Crippen LogP contribution in [0.5, 0.6) is 0 Å². The van der Waals surface area contributed by atoms with Crippen LogP contribution in [0.15, 0.2) is 83.0 Å². The predicted octanol–water partition coefficient (Wildman–Crippen LogP) is 2.63. The summed E-state index contributed by atoms with van der Waals surface area (Å²) in [6, 6.07) is 19.4. The van der Waals surface area contributed by atoms with Crippen molar-refractivity contribution < 1.29 is 14.3 Å². The van der Waals surface area contributed by atoms with Gasteiger partial charge in [-0.05, 0) is 23.3 Å². The van der Waals surface area contributed by atoms with Gasteiger partial charge in [-0.25, -0.2) is 10.9 Å². The SMILES string of the molecule is O=C(COCC(=O)N/N=C/C=C/c1ccccc1)N/N=C/C=C\c1ccccc1. The maximum Gasteiger partial charge on any atom is 0.266 e. The van der Waals surface area contributed by atoms with E-state index in [9.17, 15) is 9.59 Å². The van der Waals surface area contributed by atoms with Crippen LogP contribution in [-0.4, -0.2) is 37.5 Å². The fourth-order valence-corrected chi connectivity index (χ4v) is 2.04. The summed E-state index contributed by atoms with van der Waals surface area (Å²) in [4.78, 5) is 23.1. The molecule has 0 aromatic heterocycles. The highest BCUT2D eigenvalue weighted by molar-refractivity contribution is 5.83. The molecule has 2 aromatic rings. The third kappa shape index (κ3) is 10.2. The molecule has 0 aliphatic carbocycles. The molecule has 29 heavy (non-hydrogen) atoms. The van der Waals surface area contributed by atoms with Gasteiger partial charge in [0.25, 0.3) is 11.8 Å². The molecule has 0 fully saturated rings. The maximum atomic E-state index is 11.5. The van der Waals surface area contributed by atoms with Crippen molar-refractivity contribution in [2.45, 2.75) is 0 Å². The lowest BCUT2D eigenvalue weighted by atomic mass is 10.2. The number of hydrogen-bond acceptors (Lipinski definition) is 5. The second-order valence-corrected chi connectivity index (χ2v) is 5.66.